The average Bonchev–Trinajstić information content (AvgIpc) is 2.67. The number of nitrogens with zero attached hydrogens (tertiary/aromatic N) is 1. The van der Waals surface area contributed by atoms with Gasteiger partial charge in [-0.1, -0.05) is 25.1 Å². The number of anilines is 1. The molecule has 28 heavy (non-hydrogen) atoms. The molecule has 2 aromatic carbocycles. The molecule has 0 heterocycles. The van der Waals surface area contributed by atoms with Crippen LogP contribution in [0.4, 0.5) is 14.9 Å². The Labute approximate surface area is 162 Å². The molecule has 2 aromatic rings. The van der Waals surface area contributed by atoms with Gasteiger partial charge in [0.2, 0.25) is 0 Å². The number of rotatable bonds is 7. The van der Waals surface area contributed by atoms with Crippen molar-refractivity contribution in [3.63, 3.8) is 0 Å². The molecule has 1 unspecified atom stereocenters. The van der Waals surface area contributed by atoms with Crippen LogP contribution in [0.25, 0.3) is 0 Å². The molecule has 7 nitrogen and oxygen atoms in total. The van der Waals surface area contributed by atoms with E-state index in [1.165, 1.54) is 37.1 Å². The zero-order chi connectivity index (χ0) is 20.7. The zero-order valence-corrected chi connectivity index (χ0v) is 15.6. The van der Waals surface area contributed by atoms with Crippen molar-refractivity contribution in [3.05, 3.63) is 65.5 Å². The van der Waals surface area contributed by atoms with Crippen molar-refractivity contribution in [2.45, 2.75) is 13.5 Å². The number of nitrogens with one attached hydrogen (secondary N) is 2. The van der Waals surface area contributed by atoms with Crippen LogP contribution in [0.2, 0.25) is 0 Å². The second-order valence-corrected chi connectivity index (χ2v) is 6.40. The van der Waals surface area contributed by atoms with Gasteiger partial charge in [0, 0.05) is 37.0 Å². The highest BCUT2D eigenvalue weighted by atomic mass is 19.1. The third kappa shape index (κ3) is 5.80. The largest absolute Gasteiger partial charge is 0.481 e. The fourth-order valence-electron chi connectivity index (χ4n) is 2.41. The summed E-state index contributed by atoms with van der Waals surface area (Å²) in [5, 5.41) is 14.2. The van der Waals surface area contributed by atoms with Gasteiger partial charge in [0.15, 0.2) is 0 Å². The first-order valence-electron chi connectivity index (χ1n) is 8.64. The van der Waals surface area contributed by atoms with Crippen LogP contribution in [-0.4, -0.2) is 41.5 Å². The molecular weight excluding hydrogens is 365 g/mol. The molecule has 0 aliphatic rings. The van der Waals surface area contributed by atoms with Crippen LogP contribution in [0, 0.1) is 11.7 Å². The third-order valence-corrected chi connectivity index (χ3v) is 4.11. The number of amides is 3. The van der Waals surface area contributed by atoms with E-state index in [1.54, 1.807) is 30.3 Å². The van der Waals surface area contributed by atoms with Gasteiger partial charge in [0.25, 0.3) is 5.91 Å². The van der Waals surface area contributed by atoms with Crippen molar-refractivity contribution < 1.29 is 23.9 Å². The van der Waals surface area contributed by atoms with E-state index in [9.17, 15) is 18.8 Å². The minimum Gasteiger partial charge on any atom is -0.481 e. The predicted octanol–water partition coefficient (Wildman–Crippen LogP) is 2.94. The molecular formula is C20H22FN3O4. The number of urea groups is 1. The Morgan fingerprint density at radius 1 is 1.11 bits per heavy atom. The second kappa shape index (κ2) is 9.50. The normalized spacial score (nSPS) is 11.4. The molecule has 3 amide bonds. The molecule has 3 N–H and O–H groups in total. The number of aliphatic carboxylic acids is 1. The molecule has 0 fully saturated rings. The molecule has 2 rings (SSSR count). The minimum absolute atomic E-state index is 0.0660. The van der Waals surface area contributed by atoms with Gasteiger partial charge in [-0.15, -0.1) is 0 Å². The van der Waals surface area contributed by atoms with E-state index >= 15 is 0 Å². The van der Waals surface area contributed by atoms with Gasteiger partial charge >= 0.3 is 12.0 Å². The fraction of sp³-hybridized carbons (Fsp3) is 0.250. The lowest BCUT2D eigenvalue weighted by atomic mass is 10.1. The summed E-state index contributed by atoms with van der Waals surface area (Å²) in [6.45, 7) is 1.65. The smallest absolute Gasteiger partial charge is 0.321 e. The van der Waals surface area contributed by atoms with E-state index in [2.05, 4.69) is 10.6 Å². The maximum Gasteiger partial charge on any atom is 0.321 e. The van der Waals surface area contributed by atoms with E-state index in [4.69, 9.17) is 5.11 Å². The first kappa shape index (κ1) is 20.9. The van der Waals surface area contributed by atoms with Crippen LogP contribution in [0.1, 0.15) is 22.8 Å². The molecule has 0 saturated carbocycles. The summed E-state index contributed by atoms with van der Waals surface area (Å²) in [6.07, 6.45) is 0. The van der Waals surface area contributed by atoms with Crippen molar-refractivity contribution in [2.24, 2.45) is 5.92 Å². The predicted molar refractivity (Wildman–Crippen MR) is 102 cm³/mol. The highest BCUT2D eigenvalue weighted by Crippen LogP contribution is 2.12. The van der Waals surface area contributed by atoms with E-state index < -0.39 is 17.9 Å². The number of carbonyl (C=O) groups excluding carboxylic acids is 2. The first-order valence-corrected chi connectivity index (χ1v) is 8.64. The molecule has 0 saturated heterocycles. The molecule has 0 aromatic heterocycles. The molecule has 8 heteroatoms. The van der Waals surface area contributed by atoms with Crippen LogP contribution in [-0.2, 0) is 11.3 Å². The van der Waals surface area contributed by atoms with Gasteiger partial charge in [-0.05, 0) is 30.3 Å². The Morgan fingerprint density at radius 2 is 1.75 bits per heavy atom. The number of hydrogen-bond acceptors (Lipinski definition) is 3. The maximum atomic E-state index is 13.6. The topological polar surface area (TPSA) is 98.7 Å². The number of hydrogen-bond donors (Lipinski definition) is 3. The molecule has 0 aliphatic heterocycles. The standard InChI is InChI=1S/C20H22FN3O4/c1-13(19(26)27)12-24(2)20(28)23-16-9-7-14(8-10-16)18(25)22-11-15-5-3-4-6-17(15)21/h3-10,13H,11-12H2,1-2H3,(H,22,25)(H,23,28)(H,26,27). The van der Waals surface area contributed by atoms with Gasteiger partial charge in [-0.2, -0.15) is 0 Å². The first-order chi connectivity index (χ1) is 13.3. The summed E-state index contributed by atoms with van der Waals surface area (Å²) in [7, 11) is 1.50. The van der Waals surface area contributed by atoms with Crippen molar-refractivity contribution in [1.82, 2.24) is 10.2 Å². The van der Waals surface area contributed by atoms with Crippen molar-refractivity contribution in [1.29, 1.82) is 0 Å². The highest BCUT2D eigenvalue weighted by molar-refractivity contribution is 5.95. The van der Waals surface area contributed by atoms with Crippen LogP contribution in [0.5, 0.6) is 0 Å². The average molecular weight is 387 g/mol. The molecule has 148 valence electrons. The van der Waals surface area contributed by atoms with Gasteiger partial charge in [-0.3, -0.25) is 9.59 Å². The van der Waals surface area contributed by atoms with Crippen LogP contribution in [0.3, 0.4) is 0 Å². The Hall–Kier alpha value is -3.42. The number of benzene rings is 2. The van der Waals surface area contributed by atoms with Crippen molar-refractivity contribution in [3.8, 4) is 0 Å². The SMILES string of the molecule is CC(CN(C)C(=O)Nc1ccc(C(=O)NCc2ccccc2F)cc1)C(=O)O. The van der Waals surface area contributed by atoms with E-state index in [1.807, 2.05) is 0 Å². The molecule has 0 spiro atoms. The summed E-state index contributed by atoms with van der Waals surface area (Å²) in [4.78, 5) is 36.4. The third-order valence-electron chi connectivity index (χ3n) is 4.11. The summed E-state index contributed by atoms with van der Waals surface area (Å²) >= 11 is 0. The van der Waals surface area contributed by atoms with Gasteiger partial charge < -0.3 is 20.6 Å². The lowest BCUT2D eigenvalue weighted by molar-refractivity contribution is -0.141. The fourth-order valence-corrected chi connectivity index (χ4v) is 2.41. The molecule has 0 bridgehead atoms. The quantitative estimate of drug-likeness (QED) is 0.680. The Balaban J connectivity index is 1.90. The minimum atomic E-state index is -0.981. The number of halogens is 1. The van der Waals surface area contributed by atoms with E-state index in [-0.39, 0.29) is 24.8 Å². The van der Waals surface area contributed by atoms with Crippen molar-refractivity contribution in [2.75, 3.05) is 18.9 Å². The van der Waals surface area contributed by atoms with E-state index in [0.29, 0.717) is 16.8 Å². The van der Waals surface area contributed by atoms with Crippen molar-refractivity contribution >= 4 is 23.6 Å². The van der Waals surface area contributed by atoms with Crippen LogP contribution >= 0.6 is 0 Å². The van der Waals surface area contributed by atoms with Crippen LogP contribution in [0.15, 0.2) is 48.5 Å². The van der Waals surface area contributed by atoms with Gasteiger partial charge in [0.05, 0.1) is 5.92 Å². The van der Waals surface area contributed by atoms with E-state index in [0.717, 1.165) is 0 Å². The van der Waals surface area contributed by atoms with Crippen LogP contribution < -0.4 is 10.6 Å². The maximum absolute atomic E-state index is 13.6. The summed E-state index contributed by atoms with van der Waals surface area (Å²) in [6, 6.07) is 11.9. The van der Waals surface area contributed by atoms with Gasteiger partial charge in [0.1, 0.15) is 5.82 Å². The summed E-state index contributed by atoms with van der Waals surface area (Å²) in [5.74, 6) is -2.42. The Bertz CT molecular complexity index is 855. The Morgan fingerprint density at radius 3 is 2.36 bits per heavy atom. The second-order valence-electron chi connectivity index (χ2n) is 6.40. The monoisotopic (exact) mass is 387 g/mol. The summed E-state index contributed by atoms with van der Waals surface area (Å²) < 4.78 is 13.6. The molecule has 1 atom stereocenters. The number of carbonyl (C=O) groups is 3. The lowest BCUT2D eigenvalue weighted by Crippen LogP contribution is -2.36. The Kier molecular flexibility index (Phi) is 7.08. The zero-order valence-electron chi connectivity index (χ0n) is 15.6. The molecule has 0 aliphatic carbocycles. The number of carboxylic acids is 1. The number of carboxylic acid groups (broad SMARTS) is 1. The molecule has 0 radical (unpaired) electrons. The lowest BCUT2D eigenvalue weighted by Gasteiger charge is -2.20. The highest BCUT2D eigenvalue weighted by Gasteiger charge is 2.17. The van der Waals surface area contributed by atoms with Gasteiger partial charge in [-0.25, -0.2) is 9.18 Å². The summed E-state index contributed by atoms with van der Waals surface area (Å²) in [5.41, 5.74) is 1.21.